The Balaban J connectivity index is 1.30. The second kappa shape index (κ2) is 7.40. The first-order chi connectivity index (χ1) is 10.2. The molecule has 0 aromatic rings. The lowest BCUT2D eigenvalue weighted by Gasteiger charge is -2.34. The SMILES string of the molecule is CN(C)CC1CCN(CC2CCC(CNC3CC3)O2)CC1. The molecule has 0 spiro atoms. The van der Waals surface area contributed by atoms with Gasteiger partial charge in [-0.3, -0.25) is 0 Å². The van der Waals surface area contributed by atoms with Crippen molar-refractivity contribution in [3.05, 3.63) is 0 Å². The summed E-state index contributed by atoms with van der Waals surface area (Å²) in [5.41, 5.74) is 0. The second-order valence-electron chi connectivity index (χ2n) is 7.65. The average molecular weight is 295 g/mol. The van der Waals surface area contributed by atoms with Gasteiger partial charge in [0, 0.05) is 25.7 Å². The van der Waals surface area contributed by atoms with Crippen LogP contribution in [0.2, 0.25) is 0 Å². The van der Waals surface area contributed by atoms with E-state index in [2.05, 4.69) is 29.2 Å². The van der Waals surface area contributed by atoms with Gasteiger partial charge in [-0.15, -0.1) is 0 Å². The Kier molecular flexibility index (Phi) is 5.54. The van der Waals surface area contributed by atoms with E-state index in [1.54, 1.807) is 0 Å². The molecular formula is C17H33N3O. The van der Waals surface area contributed by atoms with E-state index in [9.17, 15) is 0 Å². The molecular weight excluding hydrogens is 262 g/mol. The molecule has 1 N–H and O–H groups in total. The molecule has 2 atom stereocenters. The Hall–Kier alpha value is -0.160. The monoisotopic (exact) mass is 295 g/mol. The van der Waals surface area contributed by atoms with E-state index in [-0.39, 0.29) is 0 Å². The zero-order valence-corrected chi connectivity index (χ0v) is 13.9. The molecule has 21 heavy (non-hydrogen) atoms. The minimum absolute atomic E-state index is 0.474. The van der Waals surface area contributed by atoms with Crippen LogP contribution in [0.3, 0.4) is 0 Å². The third-order valence-corrected chi connectivity index (χ3v) is 5.20. The number of nitrogens with one attached hydrogen (secondary N) is 1. The van der Waals surface area contributed by atoms with Gasteiger partial charge in [-0.25, -0.2) is 0 Å². The third kappa shape index (κ3) is 5.20. The van der Waals surface area contributed by atoms with Crippen LogP contribution >= 0.6 is 0 Å². The fourth-order valence-corrected chi connectivity index (χ4v) is 3.81. The van der Waals surface area contributed by atoms with Crippen molar-refractivity contribution in [1.29, 1.82) is 0 Å². The minimum Gasteiger partial charge on any atom is -0.372 e. The van der Waals surface area contributed by atoms with Crippen molar-refractivity contribution in [1.82, 2.24) is 15.1 Å². The highest BCUT2D eigenvalue weighted by Crippen LogP contribution is 2.24. The van der Waals surface area contributed by atoms with Crippen LogP contribution in [0.15, 0.2) is 0 Å². The lowest BCUT2D eigenvalue weighted by molar-refractivity contribution is 0.0157. The summed E-state index contributed by atoms with van der Waals surface area (Å²) >= 11 is 0. The zero-order chi connectivity index (χ0) is 14.7. The van der Waals surface area contributed by atoms with Gasteiger partial charge in [0.25, 0.3) is 0 Å². The average Bonchev–Trinajstić information content (AvgIpc) is 3.18. The minimum atomic E-state index is 0.474. The van der Waals surface area contributed by atoms with E-state index in [0.717, 1.165) is 25.0 Å². The Morgan fingerprint density at radius 2 is 1.71 bits per heavy atom. The molecule has 1 aliphatic carbocycles. The van der Waals surface area contributed by atoms with Gasteiger partial charge in [-0.2, -0.15) is 0 Å². The van der Waals surface area contributed by atoms with Crippen LogP contribution in [0.4, 0.5) is 0 Å². The van der Waals surface area contributed by atoms with Gasteiger partial charge in [0.2, 0.25) is 0 Å². The normalized spacial score (nSPS) is 32.1. The molecule has 3 rings (SSSR count). The van der Waals surface area contributed by atoms with Crippen LogP contribution in [0.1, 0.15) is 38.5 Å². The van der Waals surface area contributed by atoms with E-state index < -0.39 is 0 Å². The second-order valence-corrected chi connectivity index (χ2v) is 7.65. The van der Waals surface area contributed by atoms with Gasteiger partial charge in [-0.05, 0) is 71.6 Å². The quantitative estimate of drug-likeness (QED) is 0.771. The number of hydrogen-bond donors (Lipinski definition) is 1. The molecule has 2 saturated heterocycles. The first-order valence-electron chi connectivity index (χ1n) is 8.95. The molecule has 3 aliphatic rings. The molecule has 3 fully saturated rings. The summed E-state index contributed by atoms with van der Waals surface area (Å²) in [5, 5.41) is 3.60. The van der Waals surface area contributed by atoms with Crippen LogP contribution < -0.4 is 5.32 Å². The van der Waals surface area contributed by atoms with E-state index >= 15 is 0 Å². The first kappa shape index (κ1) is 15.7. The van der Waals surface area contributed by atoms with Crippen LogP contribution in [0, 0.1) is 5.92 Å². The molecule has 0 amide bonds. The summed E-state index contributed by atoms with van der Waals surface area (Å²) < 4.78 is 6.22. The number of piperidine rings is 1. The van der Waals surface area contributed by atoms with Gasteiger partial charge in [-0.1, -0.05) is 0 Å². The molecule has 4 heteroatoms. The van der Waals surface area contributed by atoms with Crippen molar-refractivity contribution >= 4 is 0 Å². The van der Waals surface area contributed by atoms with Gasteiger partial charge < -0.3 is 19.9 Å². The Morgan fingerprint density at radius 3 is 2.38 bits per heavy atom. The topological polar surface area (TPSA) is 27.7 Å². The van der Waals surface area contributed by atoms with Crippen molar-refractivity contribution in [2.24, 2.45) is 5.92 Å². The maximum absolute atomic E-state index is 6.22. The number of nitrogens with zero attached hydrogens (tertiary/aromatic N) is 2. The summed E-state index contributed by atoms with van der Waals surface area (Å²) in [6.45, 7) is 6.02. The Bertz CT molecular complexity index is 311. The molecule has 0 bridgehead atoms. The van der Waals surface area contributed by atoms with E-state index in [0.29, 0.717) is 12.2 Å². The summed E-state index contributed by atoms with van der Waals surface area (Å²) in [6, 6.07) is 0.809. The van der Waals surface area contributed by atoms with E-state index in [1.807, 2.05) is 0 Å². The fraction of sp³-hybridized carbons (Fsp3) is 1.00. The number of hydrogen-bond acceptors (Lipinski definition) is 4. The standard InChI is InChI=1S/C17H33N3O/c1-19(2)12-14-7-9-20(10-8-14)13-17-6-5-16(21-17)11-18-15-3-4-15/h14-18H,3-13H2,1-2H3. The number of rotatable bonds is 7. The highest BCUT2D eigenvalue weighted by molar-refractivity contribution is 4.85. The predicted octanol–water partition coefficient (Wildman–Crippen LogP) is 1.56. The summed E-state index contributed by atoms with van der Waals surface area (Å²) in [7, 11) is 4.38. The summed E-state index contributed by atoms with van der Waals surface area (Å²) in [6.07, 6.45) is 8.93. The largest absolute Gasteiger partial charge is 0.372 e. The molecule has 1 saturated carbocycles. The van der Waals surface area contributed by atoms with Gasteiger partial charge in [0.1, 0.15) is 0 Å². The first-order valence-corrected chi connectivity index (χ1v) is 8.95. The van der Waals surface area contributed by atoms with Crippen molar-refractivity contribution in [3.8, 4) is 0 Å². The van der Waals surface area contributed by atoms with Crippen molar-refractivity contribution < 1.29 is 4.74 Å². The maximum atomic E-state index is 6.22. The van der Waals surface area contributed by atoms with Crippen molar-refractivity contribution in [2.75, 3.05) is 46.8 Å². The molecule has 2 heterocycles. The molecule has 2 aliphatic heterocycles. The maximum Gasteiger partial charge on any atom is 0.0707 e. The van der Waals surface area contributed by atoms with Crippen LogP contribution in [-0.4, -0.2) is 74.9 Å². The van der Waals surface area contributed by atoms with Gasteiger partial charge in [0.05, 0.1) is 12.2 Å². The fourth-order valence-electron chi connectivity index (χ4n) is 3.81. The summed E-state index contributed by atoms with van der Waals surface area (Å²) in [4.78, 5) is 4.96. The van der Waals surface area contributed by atoms with E-state index in [4.69, 9.17) is 4.74 Å². The van der Waals surface area contributed by atoms with Gasteiger partial charge >= 0.3 is 0 Å². The highest BCUT2D eigenvalue weighted by Gasteiger charge is 2.30. The lowest BCUT2D eigenvalue weighted by Crippen LogP contribution is -2.41. The Morgan fingerprint density at radius 1 is 1.00 bits per heavy atom. The number of ether oxygens (including phenoxy) is 1. The van der Waals surface area contributed by atoms with Gasteiger partial charge in [0.15, 0.2) is 0 Å². The highest BCUT2D eigenvalue weighted by atomic mass is 16.5. The Labute approximate surface area is 130 Å². The molecule has 0 radical (unpaired) electrons. The molecule has 2 unspecified atom stereocenters. The molecule has 0 aromatic heterocycles. The van der Waals surface area contributed by atoms with Crippen LogP contribution in [0.5, 0.6) is 0 Å². The summed E-state index contributed by atoms with van der Waals surface area (Å²) in [5.74, 6) is 0.899. The third-order valence-electron chi connectivity index (χ3n) is 5.20. The molecule has 0 aromatic carbocycles. The number of likely N-dealkylation sites (tertiary alicyclic amines) is 1. The van der Waals surface area contributed by atoms with Crippen LogP contribution in [0.25, 0.3) is 0 Å². The molecule has 122 valence electrons. The van der Waals surface area contributed by atoms with Crippen molar-refractivity contribution in [2.45, 2.75) is 56.8 Å². The van der Waals surface area contributed by atoms with E-state index in [1.165, 1.54) is 58.2 Å². The predicted molar refractivity (Wildman–Crippen MR) is 86.6 cm³/mol. The van der Waals surface area contributed by atoms with Crippen LogP contribution in [-0.2, 0) is 4.74 Å². The zero-order valence-electron chi connectivity index (χ0n) is 13.9. The lowest BCUT2D eigenvalue weighted by atomic mass is 9.96. The smallest absolute Gasteiger partial charge is 0.0707 e. The van der Waals surface area contributed by atoms with Crippen molar-refractivity contribution in [3.63, 3.8) is 0 Å². The molecule has 4 nitrogen and oxygen atoms in total.